The Morgan fingerprint density at radius 2 is 1.68 bits per heavy atom. The fraction of sp³-hybridized carbons (Fsp3) is 0.938. The molecule has 22 heavy (non-hydrogen) atoms. The van der Waals surface area contributed by atoms with E-state index in [2.05, 4.69) is 29.6 Å². The van der Waals surface area contributed by atoms with E-state index in [1.54, 1.807) is 0 Å². The van der Waals surface area contributed by atoms with Crippen LogP contribution in [0.15, 0.2) is 0 Å². The predicted octanol–water partition coefficient (Wildman–Crippen LogP) is 2.46. The number of hydrogen-bond donors (Lipinski definition) is 2. The standard InChI is InChI=1S/C16H31N3O.2ClH/c1-19(2)15(13-6-4-3-5-7-13)12-18-16(20)14-8-10-17-11-9-14;;/h13-15,17H,3-12H2,1-2H3,(H,18,20);2*1H. The fourth-order valence-electron chi connectivity index (χ4n) is 3.72. The van der Waals surface area contributed by atoms with Crippen LogP contribution in [0.3, 0.4) is 0 Å². The van der Waals surface area contributed by atoms with Gasteiger partial charge in [-0.05, 0) is 58.8 Å². The van der Waals surface area contributed by atoms with Gasteiger partial charge in [-0.15, -0.1) is 24.8 Å². The second-order valence-electron chi connectivity index (χ2n) is 6.70. The number of rotatable bonds is 5. The third-order valence-electron chi connectivity index (χ3n) is 5.05. The van der Waals surface area contributed by atoms with Crippen molar-refractivity contribution in [2.45, 2.75) is 51.0 Å². The molecule has 1 heterocycles. The predicted molar refractivity (Wildman–Crippen MR) is 97.1 cm³/mol. The summed E-state index contributed by atoms with van der Waals surface area (Å²) in [5.41, 5.74) is 0. The van der Waals surface area contributed by atoms with Gasteiger partial charge in [0.25, 0.3) is 0 Å². The van der Waals surface area contributed by atoms with Gasteiger partial charge in [-0.3, -0.25) is 4.79 Å². The van der Waals surface area contributed by atoms with Gasteiger partial charge in [-0.1, -0.05) is 19.3 Å². The molecule has 6 heteroatoms. The molecule has 0 radical (unpaired) electrons. The minimum Gasteiger partial charge on any atom is -0.354 e. The van der Waals surface area contributed by atoms with E-state index in [9.17, 15) is 4.79 Å². The van der Waals surface area contributed by atoms with Crippen LogP contribution >= 0.6 is 24.8 Å². The molecule has 1 aliphatic heterocycles. The summed E-state index contributed by atoms with van der Waals surface area (Å²) < 4.78 is 0. The molecule has 0 aromatic carbocycles. The molecule has 1 saturated heterocycles. The SMILES string of the molecule is CN(C)C(CNC(=O)C1CCNCC1)C1CCCCC1.Cl.Cl. The summed E-state index contributed by atoms with van der Waals surface area (Å²) in [6.45, 7) is 2.79. The van der Waals surface area contributed by atoms with Crippen LogP contribution in [0.2, 0.25) is 0 Å². The number of carbonyl (C=O) groups excluding carboxylic acids is 1. The summed E-state index contributed by atoms with van der Waals surface area (Å²) in [5.74, 6) is 1.26. The first-order chi connectivity index (χ1) is 9.68. The van der Waals surface area contributed by atoms with Gasteiger partial charge < -0.3 is 15.5 Å². The van der Waals surface area contributed by atoms with Gasteiger partial charge in [-0.2, -0.15) is 0 Å². The molecule has 2 N–H and O–H groups in total. The molecule has 2 fully saturated rings. The second kappa shape index (κ2) is 11.5. The van der Waals surface area contributed by atoms with Crippen molar-refractivity contribution >= 4 is 30.7 Å². The molecule has 1 atom stereocenters. The zero-order chi connectivity index (χ0) is 14.4. The minimum absolute atomic E-state index is 0. The zero-order valence-corrected chi connectivity index (χ0v) is 15.6. The lowest BCUT2D eigenvalue weighted by molar-refractivity contribution is -0.126. The first-order valence-electron chi connectivity index (χ1n) is 8.33. The monoisotopic (exact) mass is 353 g/mol. The quantitative estimate of drug-likeness (QED) is 0.797. The Morgan fingerprint density at radius 3 is 2.23 bits per heavy atom. The molecule has 4 nitrogen and oxygen atoms in total. The average molecular weight is 354 g/mol. The fourth-order valence-corrected chi connectivity index (χ4v) is 3.72. The van der Waals surface area contributed by atoms with Crippen LogP contribution in [-0.4, -0.2) is 50.6 Å². The van der Waals surface area contributed by atoms with Crippen molar-refractivity contribution in [3.8, 4) is 0 Å². The Bertz CT molecular complexity index is 304. The number of nitrogens with one attached hydrogen (secondary N) is 2. The van der Waals surface area contributed by atoms with Gasteiger partial charge in [0.1, 0.15) is 0 Å². The Balaban J connectivity index is 0.00000220. The van der Waals surface area contributed by atoms with E-state index in [4.69, 9.17) is 0 Å². The highest BCUT2D eigenvalue weighted by Gasteiger charge is 2.27. The molecule has 1 aliphatic carbocycles. The molecular weight excluding hydrogens is 321 g/mol. The lowest BCUT2D eigenvalue weighted by Crippen LogP contribution is -2.47. The van der Waals surface area contributed by atoms with Crippen molar-refractivity contribution in [3.05, 3.63) is 0 Å². The molecule has 0 bridgehead atoms. The van der Waals surface area contributed by atoms with Crippen molar-refractivity contribution in [2.75, 3.05) is 33.7 Å². The number of piperidine rings is 1. The number of halogens is 2. The molecular formula is C16H33Cl2N3O. The summed E-state index contributed by atoms with van der Waals surface area (Å²) in [6, 6.07) is 0.501. The summed E-state index contributed by atoms with van der Waals surface area (Å²) in [6.07, 6.45) is 8.73. The van der Waals surface area contributed by atoms with E-state index in [-0.39, 0.29) is 36.6 Å². The topological polar surface area (TPSA) is 44.4 Å². The van der Waals surface area contributed by atoms with Crippen LogP contribution < -0.4 is 10.6 Å². The molecule has 2 rings (SSSR count). The Morgan fingerprint density at radius 1 is 1.09 bits per heavy atom. The first-order valence-corrected chi connectivity index (χ1v) is 8.33. The third kappa shape index (κ3) is 6.61. The maximum atomic E-state index is 12.3. The Kier molecular flexibility index (Phi) is 11.5. The molecule has 0 spiro atoms. The maximum Gasteiger partial charge on any atom is 0.223 e. The molecule has 1 amide bonds. The summed E-state index contributed by atoms with van der Waals surface area (Å²) in [4.78, 5) is 14.6. The van der Waals surface area contributed by atoms with Gasteiger partial charge >= 0.3 is 0 Å². The Labute approximate surface area is 148 Å². The zero-order valence-electron chi connectivity index (χ0n) is 14.0. The van der Waals surface area contributed by atoms with E-state index in [0.29, 0.717) is 6.04 Å². The highest BCUT2D eigenvalue weighted by atomic mass is 35.5. The first kappa shape index (κ1) is 22.0. The lowest BCUT2D eigenvalue weighted by atomic mass is 9.83. The van der Waals surface area contributed by atoms with Gasteiger partial charge in [-0.25, -0.2) is 0 Å². The van der Waals surface area contributed by atoms with Crippen LogP contribution in [0.25, 0.3) is 0 Å². The van der Waals surface area contributed by atoms with Gasteiger partial charge in [0.05, 0.1) is 0 Å². The van der Waals surface area contributed by atoms with Crippen LogP contribution in [0.4, 0.5) is 0 Å². The van der Waals surface area contributed by atoms with Crippen molar-refractivity contribution in [3.63, 3.8) is 0 Å². The van der Waals surface area contributed by atoms with Gasteiger partial charge in [0.2, 0.25) is 5.91 Å². The van der Waals surface area contributed by atoms with Gasteiger partial charge in [0, 0.05) is 18.5 Å². The van der Waals surface area contributed by atoms with Crippen LogP contribution in [0.5, 0.6) is 0 Å². The second-order valence-corrected chi connectivity index (χ2v) is 6.70. The number of likely N-dealkylation sites (N-methyl/N-ethyl adjacent to an activating group) is 1. The number of amides is 1. The van der Waals surface area contributed by atoms with E-state index in [1.165, 1.54) is 32.1 Å². The van der Waals surface area contributed by atoms with Crippen LogP contribution in [0, 0.1) is 11.8 Å². The minimum atomic E-state index is 0. The summed E-state index contributed by atoms with van der Waals surface area (Å²) >= 11 is 0. The third-order valence-corrected chi connectivity index (χ3v) is 5.05. The molecule has 1 unspecified atom stereocenters. The highest BCUT2D eigenvalue weighted by molar-refractivity contribution is 5.85. The van der Waals surface area contributed by atoms with Crippen molar-refractivity contribution in [2.24, 2.45) is 11.8 Å². The number of hydrogen-bond acceptors (Lipinski definition) is 3. The van der Waals surface area contributed by atoms with Crippen molar-refractivity contribution < 1.29 is 4.79 Å². The molecule has 0 aromatic rings. The van der Waals surface area contributed by atoms with Crippen molar-refractivity contribution in [1.29, 1.82) is 0 Å². The normalized spacial score (nSPS) is 21.6. The van der Waals surface area contributed by atoms with E-state index in [1.807, 2.05) is 0 Å². The van der Waals surface area contributed by atoms with Crippen LogP contribution in [-0.2, 0) is 4.79 Å². The van der Waals surface area contributed by atoms with E-state index in [0.717, 1.165) is 38.4 Å². The molecule has 1 saturated carbocycles. The summed E-state index contributed by atoms with van der Waals surface area (Å²) in [5, 5.41) is 6.54. The van der Waals surface area contributed by atoms with E-state index < -0.39 is 0 Å². The lowest BCUT2D eigenvalue weighted by Gasteiger charge is -2.35. The highest BCUT2D eigenvalue weighted by Crippen LogP contribution is 2.28. The van der Waals surface area contributed by atoms with E-state index >= 15 is 0 Å². The van der Waals surface area contributed by atoms with Crippen molar-refractivity contribution in [1.82, 2.24) is 15.5 Å². The molecule has 2 aliphatic rings. The number of nitrogens with zero attached hydrogens (tertiary/aromatic N) is 1. The number of carbonyl (C=O) groups is 1. The van der Waals surface area contributed by atoms with Crippen LogP contribution in [0.1, 0.15) is 44.9 Å². The molecule has 132 valence electrons. The Hall–Kier alpha value is -0.0300. The smallest absolute Gasteiger partial charge is 0.223 e. The maximum absolute atomic E-state index is 12.3. The van der Waals surface area contributed by atoms with Gasteiger partial charge in [0.15, 0.2) is 0 Å². The molecule has 0 aromatic heterocycles. The summed E-state index contributed by atoms with van der Waals surface area (Å²) in [7, 11) is 4.30. The average Bonchev–Trinajstić information content (AvgIpc) is 2.49. The largest absolute Gasteiger partial charge is 0.354 e.